The van der Waals surface area contributed by atoms with Gasteiger partial charge in [0.15, 0.2) is 17.0 Å². The molecule has 1 unspecified atom stereocenters. The summed E-state index contributed by atoms with van der Waals surface area (Å²) in [5.74, 6) is 1.47. The monoisotopic (exact) mass is 478 g/mol. The summed E-state index contributed by atoms with van der Waals surface area (Å²) in [5.41, 5.74) is 1.56. The lowest BCUT2D eigenvalue weighted by molar-refractivity contribution is -0.129. The highest BCUT2D eigenvalue weighted by atomic mass is 16.5. The van der Waals surface area contributed by atoms with Crippen LogP contribution in [-0.2, 0) is 4.79 Å². The Hall–Kier alpha value is -4.02. The van der Waals surface area contributed by atoms with Gasteiger partial charge < -0.3 is 34.7 Å². The number of benzene rings is 1. The molecule has 6 rings (SSSR count). The van der Waals surface area contributed by atoms with E-state index in [2.05, 4.69) is 20.5 Å². The van der Waals surface area contributed by atoms with Crippen LogP contribution in [0.5, 0.6) is 5.75 Å². The minimum Gasteiger partial charge on any atom is -0.476 e. The lowest BCUT2D eigenvalue weighted by Crippen LogP contribution is -2.45. The molecule has 2 saturated heterocycles. The van der Waals surface area contributed by atoms with Crippen LogP contribution >= 0.6 is 0 Å². The van der Waals surface area contributed by atoms with Gasteiger partial charge in [0.1, 0.15) is 11.3 Å². The van der Waals surface area contributed by atoms with Crippen molar-refractivity contribution in [3.63, 3.8) is 0 Å². The first kappa shape index (κ1) is 21.5. The van der Waals surface area contributed by atoms with E-state index in [1.165, 1.54) is 4.90 Å². The molecule has 1 spiro atoms. The molecule has 3 aliphatic rings. The highest BCUT2D eigenvalue weighted by molar-refractivity contribution is 6.00. The molecule has 2 aromatic heterocycles. The number of fused-ring (bicyclic) bond motifs is 2. The summed E-state index contributed by atoms with van der Waals surface area (Å²) in [6.07, 6.45) is 2.46. The van der Waals surface area contributed by atoms with Crippen molar-refractivity contribution in [3.8, 4) is 5.75 Å². The minimum absolute atomic E-state index is 0.0691. The fourth-order valence-electron chi connectivity index (χ4n) is 5.18. The lowest BCUT2D eigenvalue weighted by atomic mass is 9.86. The van der Waals surface area contributed by atoms with Crippen molar-refractivity contribution in [2.24, 2.45) is 5.41 Å². The number of carbonyl (C=O) groups excluding carboxylic acids is 1. The molecule has 11 nitrogen and oxygen atoms in total. The topological polar surface area (TPSA) is 133 Å². The van der Waals surface area contributed by atoms with Crippen molar-refractivity contribution in [1.82, 2.24) is 14.9 Å². The molecule has 11 heteroatoms. The van der Waals surface area contributed by atoms with Crippen LogP contribution in [0.4, 0.5) is 27.9 Å². The number of carboxylic acid groups (broad SMARTS) is 1. The number of anilines is 4. The Labute approximate surface area is 201 Å². The van der Waals surface area contributed by atoms with Gasteiger partial charge in [0, 0.05) is 43.3 Å². The van der Waals surface area contributed by atoms with Crippen molar-refractivity contribution < 1.29 is 23.8 Å². The number of nitrogens with zero attached hydrogens (tertiary/aromatic N) is 4. The number of ether oxygens (including phenoxy) is 1. The second-order valence-electron chi connectivity index (χ2n) is 10.0. The van der Waals surface area contributed by atoms with Crippen molar-refractivity contribution in [2.75, 3.05) is 41.7 Å². The fourth-order valence-corrected chi connectivity index (χ4v) is 5.18. The van der Waals surface area contributed by atoms with Gasteiger partial charge in [0.2, 0.25) is 5.95 Å². The van der Waals surface area contributed by atoms with Crippen LogP contribution in [0.3, 0.4) is 0 Å². The third kappa shape index (κ3) is 3.67. The Morgan fingerprint density at radius 2 is 2.00 bits per heavy atom. The molecule has 2 fully saturated rings. The number of nitrogens with one attached hydrogen (secondary N) is 2. The second kappa shape index (κ2) is 7.49. The standard InChI is InChI=1S/C24H26N6O5/c1-23(2)20(31)26-16-11-14(3-4-17(16)35-23)25-21-27-15-5-10-34-18(15)19(28-21)29-8-6-24(12-29)7-9-30(13-24)22(32)33/h3-5,10-11H,6-9,12-13H2,1-2H3,(H,26,31)(H,32,33)(H,25,27,28). The number of carbonyl (C=O) groups is 2. The van der Waals surface area contributed by atoms with Gasteiger partial charge in [-0.2, -0.15) is 4.98 Å². The molecule has 1 atom stereocenters. The maximum atomic E-state index is 12.3. The van der Waals surface area contributed by atoms with Crippen LogP contribution in [0, 0.1) is 5.41 Å². The minimum atomic E-state index is -0.930. The summed E-state index contributed by atoms with van der Waals surface area (Å²) in [6, 6.07) is 7.23. The number of hydrogen-bond acceptors (Lipinski definition) is 8. The van der Waals surface area contributed by atoms with Crippen molar-refractivity contribution >= 4 is 46.2 Å². The van der Waals surface area contributed by atoms with Crippen LogP contribution in [0.2, 0.25) is 0 Å². The normalized spacial score (nSPS) is 22.9. The molecule has 3 aromatic rings. The molecule has 0 aliphatic carbocycles. The van der Waals surface area contributed by atoms with Crippen LogP contribution in [-0.4, -0.2) is 63.8 Å². The zero-order valence-electron chi connectivity index (χ0n) is 19.5. The number of aromatic nitrogens is 2. The van der Waals surface area contributed by atoms with Gasteiger partial charge in [-0.15, -0.1) is 0 Å². The van der Waals surface area contributed by atoms with E-state index in [0.717, 1.165) is 19.4 Å². The smallest absolute Gasteiger partial charge is 0.407 e. The van der Waals surface area contributed by atoms with E-state index in [1.807, 2.05) is 6.07 Å². The van der Waals surface area contributed by atoms with Crippen LogP contribution in [0.15, 0.2) is 34.9 Å². The van der Waals surface area contributed by atoms with Crippen LogP contribution in [0.1, 0.15) is 26.7 Å². The van der Waals surface area contributed by atoms with Crippen molar-refractivity contribution in [2.45, 2.75) is 32.3 Å². The third-order valence-corrected chi connectivity index (χ3v) is 7.13. The summed E-state index contributed by atoms with van der Waals surface area (Å²) >= 11 is 0. The maximum absolute atomic E-state index is 12.3. The van der Waals surface area contributed by atoms with Gasteiger partial charge in [0.25, 0.3) is 5.91 Å². The summed E-state index contributed by atoms with van der Waals surface area (Å²) < 4.78 is 11.5. The summed E-state index contributed by atoms with van der Waals surface area (Å²) in [6.45, 7) is 6.01. The molecular weight excluding hydrogens is 452 g/mol. The number of likely N-dealkylation sites (tertiary alicyclic amines) is 1. The van der Waals surface area contributed by atoms with Gasteiger partial charge in [0.05, 0.1) is 12.0 Å². The molecule has 2 amide bonds. The lowest BCUT2D eigenvalue weighted by Gasteiger charge is -2.31. The molecule has 0 radical (unpaired) electrons. The van der Waals surface area contributed by atoms with E-state index < -0.39 is 11.7 Å². The van der Waals surface area contributed by atoms with Gasteiger partial charge >= 0.3 is 6.09 Å². The zero-order valence-corrected chi connectivity index (χ0v) is 19.5. The molecule has 0 bridgehead atoms. The first-order valence-electron chi connectivity index (χ1n) is 11.6. The molecular formula is C24H26N6O5. The molecule has 1 aromatic carbocycles. The number of hydrogen-bond donors (Lipinski definition) is 3. The Morgan fingerprint density at radius 3 is 2.80 bits per heavy atom. The number of furan rings is 1. The van der Waals surface area contributed by atoms with Crippen LogP contribution in [0.25, 0.3) is 11.1 Å². The molecule has 0 saturated carbocycles. The average molecular weight is 479 g/mol. The Balaban J connectivity index is 1.27. The molecule has 35 heavy (non-hydrogen) atoms. The Morgan fingerprint density at radius 1 is 1.17 bits per heavy atom. The van der Waals surface area contributed by atoms with Crippen molar-refractivity contribution in [3.05, 3.63) is 30.5 Å². The Kier molecular flexibility index (Phi) is 4.60. The van der Waals surface area contributed by atoms with Crippen molar-refractivity contribution in [1.29, 1.82) is 0 Å². The summed E-state index contributed by atoms with van der Waals surface area (Å²) in [4.78, 5) is 36.7. The van der Waals surface area contributed by atoms with Gasteiger partial charge in [-0.05, 0) is 44.9 Å². The highest BCUT2D eigenvalue weighted by Gasteiger charge is 2.45. The molecule has 3 aliphatic heterocycles. The number of amides is 2. The number of rotatable bonds is 3. The summed E-state index contributed by atoms with van der Waals surface area (Å²) in [7, 11) is 0. The van der Waals surface area contributed by atoms with Crippen LogP contribution < -0.4 is 20.3 Å². The van der Waals surface area contributed by atoms with E-state index in [1.54, 1.807) is 38.3 Å². The van der Waals surface area contributed by atoms with E-state index in [4.69, 9.17) is 14.1 Å². The second-order valence-corrected chi connectivity index (χ2v) is 10.0. The van der Waals surface area contributed by atoms with E-state index >= 15 is 0 Å². The largest absolute Gasteiger partial charge is 0.476 e. The van der Waals surface area contributed by atoms with E-state index in [0.29, 0.717) is 59.6 Å². The molecule has 182 valence electrons. The van der Waals surface area contributed by atoms with Gasteiger partial charge in [-0.3, -0.25) is 4.79 Å². The third-order valence-electron chi connectivity index (χ3n) is 7.13. The van der Waals surface area contributed by atoms with E-state index in [9.17, 15) is 14.7 Å². The first-order valence-corrected chi connectivity index (χ1v) is 11.6. The fraction of sp³-hybridized carbons (Fsp3) is 0.417. The summed E-state index contributed by atoms with van der Waals surface area (Å²) in [5, 5.41) is 15.5. The molecule has 3 N–H and O–H groups in total. The highest BCUT2D eigenvalue weighted by Crippen LogP contribution is 2.42. The van der Waals surface area contributed by atoms with Gasteiger partial charge in [-0.1, -0.05) is 0 Å². The van der Waals surface area contributed by atoms with E-state index in [-0.39, 0.29) is 11.3 Å². The first-order chi connectivity index (χ1) is 16.7. The average Bonchev–Trinajstić information content (AvgIpc) is 3.55. The zero-order chi connectivity index (χ0) is 24.4. The van der Waals surface area contributed by atoms with Gasteiger partial charge in [-0.25, -0.2) is 9.78 Å². The predicted molar refractivity (Wildman–Crippen MR) is 128 cm³/mol. The predicted octanol–water partition coefficient (Wildman–Crippen LogP) is 3.66. The Bertz CT molecular complexity index is 1350. The maximum Gasteiger partial charge on any atom is 0.407 e. The molecule has 5 heterocycles. The SMILES string of the molecule is CC1(C)Oc2ccc(Nc3nc(N4CCC5(CCN(C(=O)O)C5)C4)c4occc4n3)cc2NC1=O. The quantitative estimate of drug-likeness (QED) is 0.516.